The molecule has 0 aromatic heterocycles. The van der Waals surface area contributed by atoms with Gasteiger partial charge in [-0.25, -0.2) is 0 Å². The molecule has 3 heteroatoms. The molecule has 0 atom stereocenters. The molecule has 0 saturated carbocycles. The molecule has 90 valence electrons. The standard InChI is InChI=1S/C15H12ClNO/c16-13-9-7-12(8-10-13)4-3-11-17-14-5-1-2-6-15(14)18/h1-11,18H/b4-3+,17-11+. The van der Waals surface area contributed by atoms with Gasteiger partial charge in [0, 0.05) is 11.2 Å². The lowest BCUT2D eigenvalue weighted by atomic mass is 10.2. The number of phenolic OH excluding ortho intramolecular Hbond substituents is 1. The fourth-order valence-electron chi connectivity index (χ4n) is 1.42. The molecule has 0 aliphatic rings. The van der Waals surface area contributed by atoms with Crippen LogP contribution in [-0.2, 0) is 0 Å². The van der Waals surface area contributed by atoms with E-state index in [1.165, 1.54) is 0 Å². The lowest BCUT2D eigenvalue weighted by Crippen LogP contribution is -1.72. The van der Waals surface area contributed by atoms with Gasteiger partial charge in [0.2, 0.25) is 0 Å². The Bertz CT molecular complexity index is 573. The van der Waals surface area contributed by atoms with Crippen molar-refractivity contribution in [3.8, 4) is 5.75 Å². The van der Waals surface area contributed by atoms with Crippen LogP contribution >= 0.6 is 11.6 Å². The van der Waals surface area contributed by atoms with Crippen molar-refractivity contribution in [2.45, 2.75) is 0 Å². The first-order valence-electron chi connectivity index (χ1n) is 5.50. The molecule has 2 aromatic carbocycles. The number of halogens is 1. The van der Waals surface area contributed by atoms with Crippen molar-refractivity contribution in [3.63, 3.8) is 0 Å². The summed E-state index contributed by atoms with van der Waals surface area (Å²) in [6.45, 7) is 0. The SMILES string of the molecule is Oc1ccccc1/N=C/C=C/c1ccc(Cl)cc1. The Morgan fingerprint density at radius 3 is 2.44 bits per heavy atom. The van der Waals surface area contributed by atoms with E-state index in [1.54, 1.807) is 24.4 Å². The molecule has 2 aromatic rings. The van der Waals surface area contributed by atoms with Gasteiger partial charge < -0.3 is 5.11 Å². The summed E-state index contributed by atoms with van der Waals surface area (Å²) in [7, 11) is 0. The molecule has 2 nitrogen and oxygen atoms in total. The first kappa shape index (κ1) is 12.4. The van der Waals surface area contributed by atoms with E-state index in [0.29, 0.717) is 5.69 Å². The van der Waals surface area contributed by atoms with E-state index in [4.69, 9.17) is 11.6 Å². The van der Waals surface area contributed by atoms with Crippen LogP contribution in [0.4, 0.5) is 5.69 Å². The van der Waals surface area contributed by atoms with Crippen LogP contribution in [0, 0.1) is 0 Å². The Morgan fingerprint density at radius 2 is 1.72 bits per heavy atom. The molecule has 1 N–H and O–H groups in total. The number of rotatable bonds is 3. The highest BCUT2D eigenvalue weighted by Crippen LogP contribution is 2.24. The van der Waals surface area contributed by atoms with Gasteiger partial charge in [-0.05, 0) is 35.9 Å². The van der Waals surface area contributed by atoms with Gasteiger partial charge >= 0.3 is 0 Å². The number of phenols is 1. The maximum Gasteiger partial charge on any atom is 0.141 e. The van der Waals surface area contributed by atoms with Gasteiger partial charge in [0.05, 0.1) is 0 Å². The number of para-hydroxylation sites is 2. The largest absolute Gasteiger partial charge is 0.506 e. The molecule has 0 bridgehead atoms. The molecule has 0 saturated heterocycles. The van der Waals surface area contributed by atoms with E-state index in [2.05, 4.69) is 4.99 Å². The van der Waals surface area contributed by atoms with Gasteiger partial charge in [0.15, 0.2) is 0 Å². The fourth-order valence-corrected chi connectivity index (χ4v) is 1.55. The Kier molecular flexibility index (Phi) is 4.15. The van der Waals surface area contributed by atoms with Crippen molar-refractivity contribution in [2.24, 2.45) is 4.99 Å². The third-order valence-electron chi connectivity index (χ3n) is 2.34. The van der Waals surface area contributed by atoms with Crippen molar-refractivity contribution in [2.75, 3.05) is 0 Å². The number of aromatic hydroxyl groups is 1. The summed E-state index contributed by atoms with van der Waals surface area (Å²) in [4.78, 5) is 4.15. The second-order valence-corrected chi connectivity index (χ2v) is 4.11. The molecular formula is C15H12ClNO. The monoisotopic (exact) mass is 257 g/mol. The average molecular weight is 258 g/mol. The average Bonchev–Trinajstić information content (AvgIpc) is 2.39. The lowest BCUT2D eigenvalue weighted by Gasteiger charge is -1.95. The van der Waals surface area contributed by atoms with Crippen LogP contribution in [0.1, 0.15) is 5.56 Å². The molecule has 0 unspecified atom stereocenters. The van der Waals surface area contributed by atoms with Crippen molar-refractivity contribution in [1.82, 2.24) is 0 Å². The zero-order valence-electron chi connectivity index (χ0n) is 9.62. The topological polar surface area (TPSA) is 32.6 Å². The van der Waals surface area contributed by atoms with Gasteiger partial charge in [0.1, 0.15) is 11.4 Å². The van der Waals surface area contributed by atoms with Gasteiger partial charge in [-0.1, -0.05) is 41.9 Å². The summed E-state index contributed by atoms with van der Waals surface area (Å²) < 4.78 is 0. The van der Waals surface area contributed by atoms with E-state index in [-0.39, 0.29) is 5.75 Å². The van der Waals surface area contributed by atoms with Gasteiger partial charge in [0.25, 0.3) is 0 Å². The zero-order chi connectivity index (χ0) is 12.8. The molecule has 0 aliphatic heterocycles. The van der Waals surface area contributed by atoms with E-state index < -0.39 is 0 Å². The van der Waals surface area contributed by atoms with Crippen LogP contribution in [0.25, 0.3) is 6.08 Å². The highest BCUT2D eigenvalue weighted by Gasteiger charge is 1.93. The Labute approximate surface area is 111 Å². The zero-order valence-corrected chi connectivity index (χ0v) is 10.4. The van der Waals surface area contributed by atoms with Crippen LogP contribution in [-0.4, -0.2) is 11.3 Å². The number of aliphatic imine (C=N–C) groups is 1. The maximum absolute atomic E-state index is 9.50. The number of hydrogen-bond donors (Lipinski definition) is 1. The predicted octanol–water partition coefficient (Wildman–Crippen LogP) is 4.46. The van der Waals surface area contributed by atoms with Crippen LogP contribution in [0.3, 0.4) is 0 Å². The van der Waals surface area contributed by atoms with Gasteiger partial charge in [-0.2, -0.15) is 0 Å². The number of nitrogens with zero attached hydrogens (tertiary/aromatic N) is 1. The number of benzene rings is 2. The smallest absolute Gasteiger partial charge is 0.141 e. The molecule has 2 rings (SSSR count). The summed E-state index contributed by atoms with van der Waals surface area (Å²) in [6.07, 6.45) is 5.37. The van der Waals surface area contributed by atoms with E-state index in [9.17, 15) is 5.11 Å². The summed E-state index contributed by atoms with van der Waals surface area (Å²) in [5, 5.41) is 10.2. The van der Waals surface area contributed by atoms with Crippen LogP contribution in [0.15, 0.2) is 59.6 Å². The van der Waals surface area contributed by atoms with Gasteiger partial charge in [-0.15, -0.1) is 0 Å². The Morgan fingerprint density at radius 1 is 1.00 bits per heavy atom. The van der Waals surface area contributed by atoms with E-state index in [0.717, 1.165) is 10.6 Å². The lowest BCUT2D eigenvalue weighted by molar-refractivity contribution is 0.477. The molecular weight excluding hydrogens is 246 g/mol. The third-order valence-corrected chi connectivity index (χ3v) is 2.59. The van der Waals surface area contributed by atoms with Crippen LogP contribution in [0.2, 0.25) is 5.02 Å². The predicted molar refractivity (Wildman–Crippen MR) is 76.7 cm³/mol. The normalized spacial score (nSPS) is 11.4. The summed E-state index contributed by atoms with van der Waals surface area (Å²) >= 11 is 5.79. The van der Waals surface area contributed by atoms with Crippen molar-refractivity contribution < 1.29 is 5.11 Å². The minimum atomic E-state index is 0.175. The molecule has 0 aliphatic carbocycles. The summed E-state index contributed by atoms with van der Waals surface area (Å²) in [5.74, 6) is 0.175. The second kappa shape index (κ2) is 6.03. The molecule has 0 fully saturated rings. The van der Waals surface area contributed by atoms with Crippen molar-refractivity contribution in [3.05, 3.63) is 65.2 Å². The van der Waals surface area contributed by atoms with Crippen molar-refractivity contribution >= 4 is 29.6 Å². The third kappa shape index (κ3) is 3.47. The van der Waals surface area contributed by atoms with E-state index >= 15 is 0 Å². The molecule has 0 amide bonds. The molecule has 0 spiro atoms. The van der Waals surface area contributed by atoms with Gasteiger partial charge in [-0.3, -0.25) is 4.99 Å². The van der Waals surface area contributed by atoms with E-state index in [1.807, 2.05) is 42.5 Å². The Balaban J connectivity index is 2.03. The molecule has 0 heterocycles. The second-order valence-electron chi connectivity index (χ2n) is 3.68. The maximum atomic E-state index is 9.50. The highest BCUT2D eigenvalue weighted by atomic mass is 35.5. The highest BCUT2D eigenvalue weighted by molar-refractivity contribution is 6.30. The first-order valence-corrected chi connectivity index (χ1v) is 5.88. The quantitative estimate of drug-likeness (QED) is 0.809. The molecule has 0 radical (unpaired) electrons. The summed E-state index contributed by atoms with van der Waals surface area (Å²) in [5.41, 5.74) is 1.60. The van der Waals surface area contributed by atoms with Crippen LogP contribution < -0.4 is 0 Å². The molecule has 18 heavy (non-hydrogen) atoms. The minimum absolute atomic E-state index is 0.175. The Hall–Kier alpha value is -2.06. The van der Waals surface area contributed by atoms with Crippen LogP contribution in [0.5, 0.6) is 5.75 Å². The minimum Gasteiger partial charge on any atom is -0.506 e. The number of hydrogen-bond acceptors (Lipinski definition) is 2. The summed E-state index contributed by atoms with van der Waals surface area (Å²) in [6, 6.07) is 14.5. The first-order chi connectivity index (χ1) is 8.75. The fraction of sp³-hybridized carbons (Fsp3) is 0. The number of allylic oxidation sites excluding steroid dienone is 1. The van der Waals surface area contributed by atoms with Crippen molar-refractivity contribution in [1.29, 1.82) is 0 Å².